The van der Waals surface area contributed by atoms with Gasteiger partial charge in [-0.25, -0.2) is 0 Å². The number of aromatic nitrogens is 4. The molecule has 4 rings (SSSR count). The fourth-order valence-corrected chi connectivity index (χ4v) is 3.54. The Balaban J connectivity index is 1.50. The van der Waals surface area contributed by atoms with E-state index in [0.29, 0.717) is 6.04 Å². The molecular weight excluding hydrogens is 324 g/mol. The van der Waals surface area contributed by atoms with Crippen molar-refractivity contribution >= 4 is 22.8 Å². The lowest BCUT2D eigenvalue weighted by molar-refractivity contribution is 0.0368. The Labute approximate surface area is 144 Å². The SMILES string of the molecule is CC(CN1CCOCC1)Nc1ccc2nnc(-c3ccsc3)n2n1. The van der Waals surface area contributed by atoms with Crippen LogP contribution in [0.3, 0.4) is 0 Å². The van der Waals surface area contributed by atoms with Crippen LogP contribution in [0.2, 0.25) is 0 Å². The molecule has 0 radical (unpaired) electrons. The Hall–Kier alpha value is -2.03. The molecule has 0 bridgehead atoms. The molecule has 1 atom stereocenters. The number of morpholine rings is 1. The maximum atomic E-state index is 5.40. The van der Waals surface area contributed by atoms with Crippen LogP contribution in [0, 0.1) is 0 Å². The van der Waals surface area contributed by atoms with Crippen molar-refractivity contribution in [2.24, 2.45) is 0 Å². The average Bonchev–Trinajstić information content (AvgIpc) is 3.24. The molecule has 0 aliphatic carbocycles. The molecule has 4 heterocycles. The first-order valence-electron chi connectivity index (χ1n) is 8.11. The largest absolute Gasteiger partial charge is 0.379 e. The standard InChI is InChI=1S/C16H20N6OS/c1-12(10-21-5-7-23-8-6-21)17-14-2-3-15-18-19-16(22(15)20-14)13-4-9-24-11-13/h2-4,9,11-12H,5-8,10H2,1H3,(H,17,20). The maximum absolute atomic E-state index is 5.40. The minimum atomic E-state index is 0.300. The van der Waals surface area contributed by atoms with E-state index in [4.69, 9.17) is 4.74 Å². The van der Waals surface area contributed by atoms with Gasteiger partial charge in [0.1, 0.15) is 5.82 Å². The number of anilines is 1. The Morgan fingerprint density at radius 1 is 1.25 bits per heavy atom. The maximum Gasteiger partial charge on any atom is 0.186 e. The monoisotopic (exact) mass is 344 g/mol. The summed E-state index contributed by atoms with van der Waals surface area (Å²) < 4.78 is 7.19. The van der Waals surface area contributed by atoms with E-state index in [9.17, 15) is 0 Å². The van der Waals surface area contributed by atoms with Crippen molar-refractivity contribution in [3.63, 3.8) is 0 Å². The summed E-state index contributed by atoms with van der Waals surface area (Å²) in [6.07, 6.45) is 0. The quantitative estimate of drug-likeness (QED) is 0.763. The van der Waals surface area contributed by atoms with Crippen molar-refractivity contribution in [2.75, 3.05) is 38.2 Å². The third kappa shape index (κ3) is 3.26. The van der Waals surface area contributed by atoms with Crippen LogP contribution in [0.15, 0.2) is 29.0 Å². The van der Waals surface area contributed by atoms with Crippen molar-refractivity contribution in [3.05, 3.63) is 29.0 Å². The van der Waals surface area contributed by atoms with E-state index in [1.165, 1.54) is 0 Å². The number of rotatable bonds is 5. The Morgan fingerprint density at radius 3 is 2.92 bits per heavy atom. The van der Waals surface area contributed by atoms with Crippen LogP contribution in [0.4, 0.5) is 5.82 Å². The van der Waals surface area contributed by atoms with Gasteiger partial charge in [0.05, 0.1) is 13.2 Å². The van der Waals surface area contributed by atoms with E-state index in [1.807, 2.05) is 23.6 Å². The predicted molar refractivity (Wildman–Crippen MR) is 94.4 cm³/mol. The van der Waals surface area contributed by atoms with Gasteiger partial charge in [-0.3, -0.25) is 4.90 Å². The smallest absolute Gasteiger partial charge is 0.186 e. The molecule has 0 spiro atoms. The van der Waals surface area contributed by atoms with Crippen LogP contribution < -0.4 is 5.32 Å². The van der Waals surface area contributed by atoms with Crippen LogP contribution >= 0.6 is 11.3 Å². The summed E-state index contributed by atoms with van der Waals surface area (Å²) in [5, 5.41) is 20.7. The van der Waals surface area contributed by atoms with E-state index in [1.54, 1.807) is 15.9 Å². The summed E-state index contributed by atoms with van der Waals surface area (Å²) in [4.78, 5) is 2.41. The number of hydrogen-bond acceptors (Lipinski definition) is 7. The highest BCUT2D eigenvalue weighted by molar-refractivity contribution is 7.08. The number of nitrogens with one attached hydrogen (secondary N) is 1. The van der Waals surface area contributed by atoms with Gasteiger partial charge in [-0.05, 0) is 30.5 Å². The summed E-state index contributed by atoms with van der Waals surface area (Å²) >= 11 is 1.64. The van der Waals surface area contributed by atoms with Crippen LogP contribution in [-0.4, -0.2) is 63.6 Å². The zero-order valence-corrected chi connectivity index (χ0v) is 14.4. The van der Waals surface area contributed by atoms with Crippen molar-refractivity contribution < 1.29 is 4.74 Å². The first-order valence-corrected chi connectivity index (χ1v) is 9.05. The summed E-state index contributed by atoms with van der Waals surface area (Å²) in [7, 11) is 0. The lowest BCUT2D eigenvalue weighted by Gasteiger charge is -2.29. The van der Waals surface area contributed by atoms with Gasteiger partial charge >= 0.3 is 0 Å². The van der Waals surface area contributed by atoms with E-state index in [-0.39, 0.29) is 0 Å². The summed E-state index contributed by atoms with van der Waals surface area (Å²) in [5.74, 6) is 1.61. The number of nitrogens with zero attached hydrogens (tertiary/aromatic N) is 5. The lowest BCUT2D eigenvalue weighted by atomic mass is 10.3. The first kappa shape index (κ1) is 15.5. The third-order valence-electron chi connectivity index (χ3n) is 4.07. The van der Waals surface area contributed by atoms with Gasteiger partial charge in [-0.1, -0.05) is 0 Å². The molecule has 1 saturated heterocycles. The zero-order valence-electron chi connectivity index (χ0n) is 13.6. The van der Waals surface area contributed by atoms with E-state index >= 15 is 0 Å². The van der Waals surface area contributed by atoms with Gasteiger partial charge in [0.25, 0.3) is 0 Å². The topological polar surface area (TPSA) is 67.6 Å². The van der Waals surface area contributed by atoms with Gasteiger partial charge in [0, 0.05) is 36.6 Å². The summed E-state index contributed by atoms with van der Waals surface area (Å²) in [6.45, 7) is 6.78. The molecule has 1 fully saturated rings. The molecule has 1 aliphatic heterocycles. The van der Waals surface area contributed by atoms with Crippen molar-refractivity contribution in [1.82, 2.24) is 24.7 Å². The van der Waals surface area contributed by atoms with Gasteiger partial charge in [0.15, 0.2) is 11.5 Å². The molecule has 0 aromatic carbocycles. The van der Waals surface area contributed by atoms with Crippen molar-refractivity contribution in [2.45, 2.75) is 13.0 Å². The molecule has 1 N–H and O–H groups in total. The Bertz CT molecular complexity index is 796. The van der Waals surface area contributed by atoms with Crippen LogP contribution in [-0.2, 0) is 4.74 Å². The summed E-state index contributed by atoms with van der Waals surface area (Å²) in [6, 6.07) is 6.23. The fourth-order valence-electron chi connectivity index (χ4n) is 2.91. The van der Waals surface area contributed by atoms with Gasteiger partial charge in [0.2, 0.25) is 0 Å². The van der Waals surface area contributed by atoms with Gasteiger partial charge < -0.3 is 10.1 Å². The van der Waals surface area contributed by atoms with Crippen molar-refractivity contribution in [3.8, 4) is 11.4 Å². The molecular formula is C16H20N6OS. The van der Waals surface area contributed by atoms with Crippen LogP contribution in [0.1, 0.15) is 6.92 Å². The van der Waals surface area contributed by atoms with E-state index < -0.39 is 0 Å². The highest BCUT2D eigenvalue weighted by Gasteiger charge is 2.15. The molecule has 3 aromatic rings. The molecule has 126 valence electrons. The van der Waals surface area contributed by atoms with Crippen molar-refractivity contribution in [1.29, 1.82) is 0 Å². The molecule has 7 nitrogen and oxygen atoms in total. The normalized spacial score (nSPS) is 17.2. The Kier molecular flexibility index (Phi) is 4.42. The second-order valence-corrected chi connectivity index (χ2v) is 6.76. The number of ether oxygens (including phenoxy) is 1. The number of hydrogen-bond donors (Lipinski definition) is 1. The van der Waals surface area contributed by atoms with Crippen LogP contribution in [0.25, 0.3) is 17.0 Å². The van der Waals surface area contributed by atoms with Gasteiger partial charge in [-0.15, -0.1) is 15.3 Å². The second kappa shape index (κ2) is 6.84. The first-order chi connectivity index (χ1) is 11.8. The molecule has 0 saturated carbocycles. The second-order valence-electron chi connectivity index (χ2n) is 5.98. The van der Waals surface area contributed by atoms with Gasteiger partial charge in [-0.2, -0.15) is 15.9 Å². The number of thiophene rings is 1. The molecule has 3 aromatic heterocycles. The Morgan fingerprint density at radius 2 is 2.12 bits per heavy atom. The van der Waals surface area contributed by atoms with E-state index in [2.05, 4.69) is 37.8 Å². The van der Waals surface area contributed by atoms with Crippen LogP contribution in [0.5, 0.6) is 0 Å². The highest BCUT2D eigenvalue weighted by atomic mass is 32.1. The zero-order chi connectivity index (χ0) is 16.4. The average molecular weight is 344 g/mol. The molecule has 0 amide bonds. The minimum absolute atomic E-state index is 0.300. The minimum Gasteiger partial charge on any atom is -0.379 e. The fraction of sp³-hybridized carbons (Fsp3) is 0.438. The lowest BCUT2D eigenvalue weighted by Crippen LogP contribution is -2.42. The molecule has 8 heteroatoms. The highest BCUT2D eigenvalue weighted by Crippen LogP contribution is 2.21. The molecule has 1 aliphatic rings. The third-order valence-corrected chi connectivity index (χ3v) is 4.76. The molecule has 1 unspecified atom stereocenters. The predicted octanol–water partition coefficient (Wildman–Crippen LogP) is 1.99. The molecule has 24 heavy (non-hydrogen) atoms. The van der Waals surface area contributed by atoms with E-state index in [0.717, 1.165) is 55.7 Å². The number of fused-ring (bicyclic) bond motifs is 1. The summed E-state index contributed by atoms with van der Waals surface area (Å²) in [5.41, 5.74) is 1.79.